The van der Waals surface area contributed by atoms with Crippen LogP contribution in [0.25, 0.3) is 0 Å². The highest BCUT2D eigenvalue weighted by atomic mass is 35.5. The van der Waals surface area contributed by atoms with E-state index < -0.39 is 11.9 Å². The fourth-order valence-corrected chi connectivity index (χ4v) is 2.63. The van der Waals surface area contributed by atoms with Gasteiger partial charge in [0.15, 0.2) is 0 Å². The molecule has 6 heteroatoms. The van der Waals surface area contributed by atoms with Crippen molar-refractivity contribution >= 4 is 34.9 Å². The molecule has 1 aromatic heterocycles. The lowest BCUT2D eigenvalue weighted by Gasteiger charge is -2.07. The van der Waals surface area contributed by atoms with E-state index in [1.165, 1.54) is 17.4 Å². The minimum atomic E-state index is -0.520. The average molecular weight is 359 g/mol. The summed E-state index contributed by atoms with van der Waals surface area (Å²) in [7, 11) is 0. The van der Waals surface area contributed by atoms with E-state index in [1.54, 1.807) is 60.0 Å². The van der Waals surface area contributed by atoms with Crippen molar-refractivity contribution in [1.82, 2.24) is 0 Å². The number of hydrogen-bond acceptors (Lipinski definition) is 5. The predicted molar refractivity (Wildman–Crippen MR) is 92.1 cm³/mol. The second kappa shape index (κ2) is 7.29. The summed E-state index contributed by atoms with van der Waals surface area (Å²) in [5, 5.41) is 2.33. The average Bonchev–Trinajstić information content (AvgIpc) is 3.10. The molecule has 0 atom stereocenters. The highest BCUT2D eigenvalue weighted by molar-refractivity contribution is 7.12. The van der Waals surface area contributed by atoms with Gasteiger partial charge in [0.25, 0.3) is 0 Å². The summed E-state index contributed by atoms with van der Waals surface area (Å²) in [4.78, 5) is 24.5. The zero-order chi connectivity index (χ0) is 16.9. The molecule has 0 saturated carbocycles. The minimum Gasteiger partial charge on any atom is -0.423 e. The summed E-state index contributed by atoms with van der Waals surface area (Å²) in [5.41, 5.74) is 0.375. The molecule has 0 aliphatic rings. The van der Waals surface area contributed by atoms with E-state index >= 15 is 0 Å². The third kappa shape index (κ3) is 4.01. The van der Waals surface area contributed by atoms with Crippen molar-refractivity contribution in [3.63, 3.8) is 0 Å². The monoisotopic (exact) mass is 358 g/mol. The highest BCUT2D eigenvalue weighted by Crippen LogP contribution is 2.22. The van der Waals surface area contributed by atoms with Gasteiger partial charge in [-0.05, 0) is 47.8 Å². The summed E-state index contributed by atoms with van der Waals surface area (Å²) in [5.74, 6) is -0.388. The third-order valence-corrected chi connectivity index (χ3v) is 4.13. The summed E-state index contributed by atoms with van der Waals surface area (Å²) >= 11 is 7.08. The van der Waals surface area contributed by atoms with Crippen molar-refractivity contribution in [3.8, 4) is 11.5 Å². The van der Waals surface area contributed by atoms with E-state index in [9.17, 15) is 9.59 Å². The summed E-state index contributed by atoms with van der Waals surface area (Å²) < 4.78 is 10.5. The molecule has 3 aromatic rings. The molecule has 0 aliphatic carbocycles. The Morgan fingerprint density at radius 3 is 2.12 bits per heavy atom. The molecule has 0 radical (unpaired) electrons. The van der Waals surface area contributed by atoms with Gasteiger partial charge in [0.2, 0.25) is 0 Å². The minimum absolute atomic E-state index is 0.284. The molecule has 0 fully saturated rings. The second-order valence-electron chi connectivity index (χ2n) is 4.74. The van der Waals surface area contributed by atoms with Gasteiger partial charge in [-0.25, -0.2) is 9.59 Å². The molecule has 3 rings (SSSR count). The van der Waals surface area contributed by atoms with Gasteiger partial charge < -0.3 is 9.47 Å². The molecule has 0 unspecified atom stereocenters. The van der Waals surface area contributed by atoms with Crippen LogP contribution in [0.5, 0.6) is 11.5 Å². The highest BCUT2D eigenvalue weighted by Gasteiger charge is 2.12. The maximum Gasteiger partial charge on any atom is 0.353 e. The van der Waals surface area contributed by atoms with E-state index in [-0.39, 0.29) is 5.75 Å². The van der Waals surface area contributed by atoms with Crippen LogP contribution in [0.3, 0.4) is 0 Å². The molecule has 0 amide bonds. The van der Waals surface area contributed by atoms with Gasteiger partial charge >= 0.3 is 11.9 Å². The van der Waals surface area contributed by atoms with Gasteiger partial charge in [0, 0.05) is 11.1 Å². The Hall–Kier alpha value is -2.63. The van der Waals surface area contributed by atoms with Gasteiger partial charge in [-0.1, -0.05) is 23.7 Å². The van der Waals surface area contributed by atoms with Crippen LogP contribution in [0.1, 0.15) is 20.0 Å². The van der Waals surface area contributed by atoms with Crippen molar-refractivity contribution in [2.45, 2.75) is 0 Å². The molecule has 0 N–H and O–H groups in total. The molecule has 0 spiro atoms. The number of carbonyl (C=O) groups excluding carboxylic acids is 2. The Labute approximate surface area is 147 Å². The number of benzene rings is 2. The quantitative estimate of drug-likeness (QED) is 0.494. The number of ether oxygens (including phenoxy) is 2. The zero-order valence-electron chi connectivity index (χ0n) is 12.3. The molecule has 0 bridgehead atoms. The van der Waals surface area contributed by atoms with Crippen LogP contribution in [0.4, 0.5) is 0 Å². The Balaban J connectivity index is 1.70. The van der Waals surface area contributed by atoms with Crippen LogP contribution in [-0.4, -0.2) is 11.9 Å². The second-order valence-corrected chi connectivity index (χ2v) is 6.12. The SMILES string of the molecule is O=C(Oc1cccc(OC(=O)c2cccs2)c1)c1ccc(Cl)cc1. The smallest absolute Gasteiger partial charge is 0.353 e. The maximum absolute atomic E-state index is 12.1. The van der Waals surface area contributed by atoms with Gasteiger partial charge in [-0.2, -0.15) is 0 Å². The molecule has 2 aromatic carbocycles. The fraction of sp³-hybridized carbons (Fsp3) is 0. The van der Waals surface area contributed by atoms with Crippen LogP contribution >= 0.6 is 22.9 Å². The molecule has 0 saturated heterocycles. The summed E-state index contributed by atoms with van der Waals surface area (Å²) in [6.07, 6.45) is 0. The lowest BCUT2D eigenvalue weighted by molar-refractivity contribution is 0.0734. The van der Waals surface area contributed by atoms with Crippen LogP contribution in [-0.2, 0) is 0 Å². The van der Waals surface area contributed by atoms with Crippen molar-refractivity contribution in [2.24, 2.45) is 0 Å². The fourth-order valence-electron chi connectivity index (χ4n) is 1.91. The van der Waals surface area contributed by atoms with Crippen LogP contribution in [0.15, 0.2) is 66.0 Å². The molecule has 4 nitrogen and oxygen atoms in total. The lowest BCUT2D eigenvalue weighted by atomic mass is 10.2. The standard InChI is InChI=1S/C18H11ClO4S/c19-13-8-6-12(7-9-13)17(20)22-14-3-1-4-15(11-14)23-18(21)16-5-2-10-24-16/h1-11H. The molecule has 1 heterocycles. The normalized spacial score (nSPS) is 10.2. The van der Waals surface area contributed by atoms with E-state index in [1.807, 2.05) is 0 Å². The van der Waals surface area contributed by atoms with Gasteiger partial charge in [-0.3, -0.25) is 0 Å². The van der Waals surface area contributed by atoms with E-state index in [4.69, 9.17) is 21.1 Å². The van der Waals surface area contributed by atoms with Crippen LogP contribution in [0.2, 0.25) is 5.02 Å². The first-order chi connectivity index (χ1) is 11.6. The Morgan fingerprint density at radius 1 is 0.833 bits per heavy atom. The topological polar surface area (TPSA) is 52.6 Å². The third-order valence-electron chi connectivity index (χ3n) is 3.03. The number of halogens is 1. The lowest BCUT2D eigenvalue weighted by Crippen LogP contribution is -2.09. The van der Waals surface area contributed by atoms with Gasteiger partial charge in [0.1, 0.15) is 16.4 Å². The first kappa shape index (κ1) is 16.2. The largest absolute Gasteiger partial charge is 0.423 e. The number of esters is 2. The van der Waals surface area contributed by atoms with E-state index in [0.717, 1.165) is 0 Å². The van der Waals surface area contributed by atoms with Crippen LogP contribution in [0, 0.1) is 0 Å². The predicted octanol–water partition coefficient (Wildman–Crippen LogP) is 4.84. The van der Waals surface area contributed by atoms with Gasteiger partial charge in [-0.15, -0.1) is 11.3 Å². The molecule has 24 heavy (non-hydrogen) atoms. The maximum atomic E-state index is 12.1. The van der Waals surface area contributed by atoms with Crippen molar-refractivity contribution in [2.75, 3.05) is 0 Å². The molecule has 0 aliphatic heterocycles. The number of thiophene rings is 1. The first-order valence-electron chi connectivity index (χ1n) is 6.95. The Bertz CT molecular complexity index is 857. The first-order valence-corrected chi connectivity index (χ1v) is 8.21. The van der Waals surface area contributed by atoms with E-state index in [0.29, 0.717) is 21.2 Å². The van der Waals surface area contributed by atoms with Crippen molar-refractivity contribution < 1.29 is 19.1 Å². The van der Waals surface area contributed by atoms with Gasteiger partial charge in [0.05, 0.1) is 5.56 Å². The molecular weight excluding hydrogens is 348 g/mol. The number of hydrogen-bond donors (Lipinski definition) is 0. The molecular formula is C18H11ClO4S. The van der Waals surface area contributed by atoms with Crippen molar-refractivity contribution in [3.05, 3.63) is 81.5 Å². The van der Waals surface area contributed by atoms with Crippen molar-refractivity contribution in [1.29, 1.82) is 0 Å². The zero-order valence-corrected chi connectivity index (χ0v) is 13.8. The number of carbonyl (C=O) groups is 2. The molecule has 120 valence electrons. The summed E-state index contributed by atoms with van der Waals surface area (Å²) in [6, 6.07) is 16.2. The summed E-state index contributed by atoms with van der Waals surface area (Å²) in [6.45, 7) is 0. The van der Waals surface area contributed by atoms with Crippen LogP contribution < -0.4 is 9.47 Å². The van der Waals surface area contributed by atoms with E-state index in [2.05, 4.69) is 0 Å². The Kier molecular flexibility index (Phi) is 4.93. The Morgan fingerprint density at radius 2 is 1.50 bits per heavy atom. The number of rotatable bonds is 4.